The Bertz CT molecular complexity index is 444. The van der Waals surface area contributed by atoms with Gasteiger partial charge in [0.05, 0.1) is 13.2 Å². The van der Waals surface area contributed by atoms with Crippen molar-refractivity contribution in [1.29, 1.82) is 0 Å². The molecule has 0 aliphatic rings. The van der Waals surface area contributed by atoms with Gasteiger partial charge in [-0.1, -0.05) is 5.16 Å². The van der Waals surface area contributed by atoms with E-state index in [0.29, 0.717) is 25.4 Å². The second kappa shape index (κ2) is 7.47. The highest BCUT2D eigenvalue weighted by Gasteiger charge is 2.14. The Morgan fingerprint density at radius 1 is 1.74 bits per heavy atom. The van der Waals surface area contributed by atoms with Crippen LogP contribution in [-0.4, -0.2) is 33.6 Å². The zero-order valence-electron chi connectivity index (χ0n) is 11.1. The predicted molar refractivity (Wildman–Crippen MR) is 66.6 cm³/mol. The number of aromatic nitrogens is 2. The molecule has 0 radical (unpaired) electrons. The van der Waals surface area contributed by atoms with Crippen LogP contribution in [0.15, 0.2) is 17.5 Å². The molecule has 0 spiro atoms. The highest BCUT2D eigenvalue weighted by molar-refractivity contribution is 5.72. The third-order valence-corrected chi connectivity index (χ3v) is 2.75. The summed E-state index contributed by atoms with van der Waals surface area (Å²) in [5.74, 6) is 0.694. The fraction of sp³-hybridized carbons (Fsp3) is 0.636. The van der Waals surface area contributed by atoms with Crippen molar-refractivity contribution in [1.82, 2.24) is 4.57 Å². The van der Waals surface area contributed by atoms with Gasteiger partial charge in [0.2, 0.25) is 6.54 Å². The Morgan fingerprint density at radius 2 is 2.47 bits per heavy atom. The summed E-state index contributed by atoms with van der Waals surface area (Å²) in [6.45, 7) is 2.15. The summed E-state index contributed by atoms with van der Waals surface area (Å²) in [6, 6.07) is 0. The van der Waals surface area contributed by atoms with Crippen LogP contribution in [0.2, 0.25) is 0 Å². The molecule has 0 amide bonds. The van der Waals surface area contributed by atoms with E-state index in [9.17, 15) is 10.1 Å². The molecule has 8 nitrogen and oxygen atoms in total. The first-order valence-electron chi connectivity index (χ1n) is 6.00. The number of nitrogens with zero attached hydrogens (tertiary/aromatic N) is 4. The van der Waals surface area contributed by atoms with Crippen LogP contribution in [0.3, 0.4) is 0 Å². The molecule has 0 saturated carbocycles. The Kier molecular flexibility index (Phi) is 5.94. The maximum absolute atomic E-state index is 10.2. The quantitative estimate of drug-likeness (QED) is 0.245. The summed E-state index contributed by atoms with van der Waals surface area (Å²) in [6.07, 6.45) is 6.02. The van der Waals surface area contributed by atoms with Gasteiger partial charge in [0.1, 0.15) is 12.4 Å². The van der Waals surface area contributed by atoms with E-state index in [-0.39, 0.29) is 17.6 Å². The lowest BCUT2D eigenvalue weighted by Gasteiger charge is -2.10. The molecule has 1 aromatic heterocycles. The van der Waals surface area contributed by atoms with Gasteiger partial charge in [-0.25, -0.2) is 9.13 Å². The lowest BCUT2D eigenvalue weighted by Crippen LogP contribution is -2.32. The summed E-state index contributed by atoms with van der Waals surface area (Å²) in [4.78, 5) is 9.87. The Morgan fingerprint density at radius 3 is 3.11 bits per heavy atom. The molecule has 0 bridgehead atoms. The number of aryl methyl sites for hydroxylation is 1. The van der Waals surface area contributed by atoms with Gasteiger partial charge in [-0.2, -0.15) is 0 Å². The molecular weight excluding hydrogens is 252 g/mol. The van der Waals surface area contributed by atoms with E-state index < -0.39 is 0 Å². The zero-order chi connectivity index (χ0) is 14.3. The lowest BCUT2D eigenvalue weighted by molar-refractivity contribution is -0.672. The van der Waals surface area contributed by atoms with Crippen molar-refractivity contribution < 1.29 is 19.4 Å². The van der Waals surface area contributed by atoms with Crippen molar-refractivity contribution in [3.8, 4) is 0 Å². The van der Waals surface area contributed by atoms with Gasteiger partial charge in [-0.15, -0.1) is 0 Å². The molecule has 1 atom stereocenters. The Labute approximate surface area is 111 Å². The first-order chi connectivity index (χ1) is 9.04. The molecule has 0 aromatic carbocycles. The van der Waals surface area contributed by atoms with E-state index in [1.165, 1.54) is 6.21 Å². The molecule has 8 heteroatoms. The molecule has 1 heterocycles. The van der Waals surface area contributed by atoms with E-state index in [1.807, 2.05) is 20.2 Å². The lowest BCUT2D eigenvalue weighted by atomic mass is 10.2. The molecule has 106 valence electrons. The van der Waals surface area contributed by atoms with Crippen molar-refractivity contribution in [3.63, 3.8) is 0 Å². The fourth-order valence-corrected chi connectivity index (χ4v) is 1.66. The smallest absolute Gasteiger partial charge is 0.305 e. The largest absolute Gasteiger partial charge is 0.411 e. The van der Waals surface area contributed by atoms with E-state index in [2.05, 4.69) is 5.16 Å². The molecule has 19 heavy (non-hydrogen) atoms. The van der Waals surface area contributed by atoms with Gasteiger partial charge in [-0.05, 0) is 13.3 Å². The monoisotopic (exact) mass is 271 g/mol. The topological polar surface area (TPSA) is 93.8 Å². The molecule has 1 rings (SSSR count). The SMILES string of the molecule is CC(CCC[N+](=O)[O-])OCn1cc[n+](C)c1/C=N/O. The summed E-state index contributed by atoms with van der Waals surface area (Å²) >= 11 is 0. The van der Waals surface area contributed by atoms with Crippen LogP contribution in [0, 0.1) is 10.1 Å². The van der Waals surface area contributed by atoms with Crippen LogP contribution in [0.5, 0.6) is 0 Å². The average molecular weight is 271 g/mol. The third-order valence-electron chi connectivity index (χ3n) is 2.75. The van der Waals surface area contributed by atoms with Gasteiger partial charge < -0.3 is 9.94 Å². The van der Waals surface area contributed by atoms with Gasteiger partial charge in [0, 0.05) is 11.3 Å². The normalized spacial score (nSPS) is 12.9. The highest BCUT2D eigenvalue weighted by Crippen LogP contribution is 2.04. The molecule has 0 saturated heterocycles. The van der Waals surface area contributed by atoms with Crippen molar-refractivity contribution in [2.45, 2.75) is 32.6 Å². The van der Waals surface area contributed by atoms with Crippen LogP contribution < -0.4 is 4.57 Å². The first-order valence-corrected chi connectivity index (χ1v) is 6.00. The fourth-order valence-electron chi connectivity index (χ4n) is 1.66. The summed E-state index contributed by atoms with van der Waals surface area (Å²) < 4.78 is 9.17. The minimum absolute atomic E-state index is 0.0331. The van der Waals surface area contributed by atoms with Crippen LogP contribution in [0.4, 0.5) is 0 Å². The van der Waals surface area contributed by atoms with Crippen molar-refractivity contribution in [3.05, 3.63) is 28.3 Å². The molecular formula is C11H19N4O4+. The van der Waals surface area contributed by atoms with E-state index in [4.69, 9.17) is 9.94 Å². The van der Waals surface area contributed by atoms with Crippen LogP contribution in [-0.2, 0) is 18.5 Å². The predicted octanol–water partition coefficient (Wildman–Crippen LogP) is 0.540. The summed E-state index contributed by atoms with van der Waals surface area (Å²) in [5.41, 5.74) is 0. The molecule has 1 N–H and O–H groups in total. The Balaban J connectivity index is 2.41. The van der Waals surface area contributed by atoms with Gasteiger partial charge in [0.15, 0.2) is 12.9 Å². The number of nitro groups is 1. The van der Waals surface area contributed by atoms with E-state index in [1.54, 1.807) is 15.3 Å². The molecule has 0 fully saturated rings. The number of ether oxygens (including phenoxy) is 1. The minimum Gasteiger partial charge on any atom is -0.411 e. The number of rotatable bonds is 8. The van der Waals surface area contributed by atoms with Gasteiger partial charge in [-0.3, -0.25) is 10.1 Å². The number of imidazole rings is 1. The third kappa shape index (κ3) is 5.04. The number of hydrogen-bond donors (Lipinski definition) is 1. The van der Waals surface area contributed by atoms with Crippen LogP contribution in [0.25, 0.3) is 0 Å². The number of oxime groups is 1. The van der Waals surface area contributed by atoms with Crippen LogP contribution >= 0.6 is 0 Å². The van der Waals surface area contributed by atoms with Crippen LogP contribution in [0.1, 0.15) is 25.6 Å². The van der Waals surface area contributed by atoms with Crippen molar-refractivity contribution in [2.24, 2.45) is 12.2 Å². The minimum atomic E-state index is -0.325. The van der Waals surface area contributed by atoms with Crippen molar-refractivity contribution >= 4 is 6.21 Å². The summed E-state index contributed by atoms with van der Waals surface area (Å²) in [5, 5.41) is 21.8. The second-order valence-corrected chi connectivity index (χ2v) is 4.29. The van der Waals surface area contributed by atoms with E-state index in [0.717, 1.165) is 0 Å². The average Bonchev–Trinajstić information content (AvgIpc) is 2.69. The number of hydrogen-bond acceptors (Lipinski definition) is 5. The maximum Gasteiger partial charge on any atom is 0.305 e. The molecule has 0 aliphatic carbocycles. The van der Waals surface area contributed by atoms with Gasteiger partial charge >= 0.3 is 5.82 Å². The highest BCUT2D eigenvalue weighted by atomic mass is 16.6. The summed E-state index contributed by atoms with van der Waals surface area (Å²) in [7, 11) is 1.83. The standard InChI is InChI=1S/C11H18N4O4/c1-10(4-3-5-15(17)18)19-9-14-7-6-13(2)11(14)8-12-16/h6-8,10H,3-5,9H2,1-2H3/p+1. The Hall–Kier alpha value is -1.96. The first kappa shape index (κ1) is 15.1. The van der Waals surface area contributed by atoms with E-state index >= 15 is 0 Å². The maximum atomic E-state index is 10.2. The van der Waals surface area contributed by atoms with Gasteiger partial charge in [0.25, 0.3) is 0 Å². The molecule has 1 unspecified atom stereocenters. The zero-order valence-corrected chi connectivity index (χ0v) is 11.1. The van der Waals surface area contributed by atoms with Crippen molar-refractivity contribution in [2.75, 3.05) is 6.54 Å². The second-order valence-electron chi connectivity index (χ2n) is 4.29. The molecule has 1 aromatic rings. The molecule has 0 aliphatic heterocycles.